The van der Waals surface area contributed by atoms with Gasteiger partial charge in [0.1, 0.15) is 17.1 Å². The van der Waals surface area contributed by atoms with Crippen molar-refractivity contribution in [1.29, 1.82) is 0 Å². The molecule has 0 aliphatic heterocycles. The van der Waals surface area contributed by atoms with Gasteiger partial charge in [-0.05, 0) is 18.2 Å². The summed E-state index contributed by atoms with van der Waals surface area (Å²) in [6, 6.07) is 4.39. The zero-order valence-corrected chi connectivity index (χ0v) is 9.83. The highest BCUT2D eigenvalue weighted by Crippen LogP contribution is 2.24. The number of hydrogen-bond donors (Lipinski definition) is 1. The third kappa shape index (κ3) is 3.82. The topological polar surface area (TPSA) is 77.3 Å². The van der Waals surface area contributed by atoms with Crippen LogP contribution in [0.2, 0.25) is 0 Å². The van der Waals surface area contributed by atoms with Crippen LogP contribution in [-0.2, 0) is 4.74 Å². The zero-order chi connectivity index (χ0) is 13.4. The second-order valence-corrected chi connectivity index (χ2v) is 3.04. The molecule has 6 heteroatoms. The standard InChI is InChI=1S/C12H13NO5/c1-3-16-8-18-9-4-5-11(17-7-13-2)10(6-9)12(14)15/h3-7H,1,8H2,2H3,(H,14,15). The van der Waals surface area contributed by atoms with E-state index in [2.05, 4.69) is 11.6 Å². The first-order chi connectivity index (χ1) is 8.69. The van der Waals surface area contributed by atoms with E-state index >= 15 is 0 Å². The van der Waals surface area contributed by atoms with Crippen molar-refractivity contribution in [2.24, 2.45) is 4.99 Å². The monoisotopic (exact) mass is 251 g/mol. The molecule has 1 N–H and O–H groups in total. The van der Waals surface area contributed by atoms with Crippen LogP contribution in [0.15, 0.2) is 36.0 Å². The number of aromatic carboxylic acids is 1. The van der Waals surface area contributed by atoms with Crippen molar-refractivity contribution in [1.82, 2.24) is 0 Å². The predicted octanol–water partition coefficient (Wildman–Crippen LogP) is 1.92. The quantitative estimate of drug-likeness (QED) is 0.263. The Morgan fingerprint density at radius 1 is 1.56 bits per heavy atom. The van der Waals surface area contributed by atoms with Crippen LogP contribution < -0.4 is 9.47 Å². The summed E-state index contributed by atoms with van der Waals surface area (Å²) in [5.41, 5.74) is -0.0222. The van der Waals surface area contributed by atoms with Gasteiger partial charge in [0.2, 0.25) is 6.79 Å². The summed E-state index contributed by atoms with van der Waals surface area (Å²) in [5.74, 6) is -0.579. The predicted molar refractivity (Wildman–Crippen MR) is 65.2 cm³/mol. The molecule has 0 radical (unpaired) electrons. The number of hydrogen-bond acceptors (Lipinski definition) is 5. The fourth-order valence-electron chi connectivity index (χ4n) is 1.13. The Bertz CT molecular complexity index is 456. The van der Waals surface area contributed by atoms with Crippen LogP contribution in [0.1, 0.15) is 10.4 Å². The smallest absolute Gasteiger partial charge is 0.339 e. The van der Waals surface area contributed by atoms with Crippen LogP contribution in [0.3, 0.4) is 0 Å². The normalized spacial score (nSPS) is 10.1. The summed E-state index contributed by atoms with van der Waals surface area (Å²) in [5, 5.41) is 9.03. The number of rotatable bonds is 7. The number of carbonyl (C=O) groups is 1. The van der Waals surface area contributed by atoms with Crippen molar-refractivity contribution in [3.63, 3.8) is 0 Å². The minimum Gasteiger partial charge on any atom is -0.478 e. The minimum atomic E-state index is -1.12. The molecule has 1 aromatic rings. The number of nitrogens with zero attached hydrogens (tertiary/aromatic N) is 1. The van der Waals surface area contributed by atoms with Crippen LogP contribution in [0.25, 0.3) is 0 Å². The maximum atomic E-state index is 11.0. The summed E-state index contributed by atoms with van der Waals surface area (Å²) in [6.45, 7) is 3.31. The summed E-state index contributed by atoms with van der Waals surface area (Å²) >= 11 is 0. The van der Waals surface area contributed by atoms with Crippen molar-refractivity contribution in [2.45, 2.75) is 0 Å². The lowest BCUT2D eigenvalue weighted by atomic mass is 10.2. The molecule has 0 atom stereocenters. The van der Waals surface area contributed by atoms with Gasteiger partial charge in [-0.25, -0.2) is 4.79 Å². The molecule has 0 aliphatic carbocycles. The molecule has 0 saturated carbocycles. The van der Waals surface area contributed by atoms with Crippen molar-refractivity contribution in [3.8, 4) is 11.5 Å². The number of benzene rings is 1. The number of ether oxygens (including phenoxy) is 3. The van der Waals surface area contributed by atoms with Gasteiger partial charge in [0.05, 0.1) is 6.26 Å². The lowest BCUT2D eigenvalue weighted by molar-refractivity contribution is 0.0687. The molecule has 96 valence electrons. The average molecular weight is 251 g/mol. The molecule has 6 nitrogen and oxygen atoms in total. The first-order valence-corrected chi connectivity index (χ1v) is 4.99. The Hall–Kier alpha value is -2.50. The Labute approximate surface area is 104 Å². The first-order valence-electron chi connectivity index (χ1n) is 4.99. The zero-order valence-electron chi connectivity index (χ0n) is 9.83. The Balaban J connectivity index is 2.88. The van der Waals surface area contributed by atoms with Crippen molar-refractivity contribution in [3.05, 3.63) is 36.6 Å². The lowest BCUT2D eigenvalue weighted by Crippen LogP contribution is -2.04. The first kappa shape index (κ1) is 13.6. The van der Waals surface area contributed by atoms with Crippen LogP contribution in [0, 0.1) is 0 Å². The van der Waals surface area contributed by atoms with Gasteiger partial charge in [0.15, 0.2) is 6.40 Å². The number of aliphatic imine (C=N–C) groups is 1. The molecule has 0 fully saturated rings. The molecule has 1 rings (SSSR count). The molecule has 0 unspecified atom stereocenters. The fraction of sp³-hybridized carbons (Fsp3) is 0.167. The maximum absolute atomic E-state index is 11.0. The van der Waals surface area contributed by atoms with Crippen LogP contribution in [0.4, 0.5) is 0 Å². The molecular weight excluding hydrogens is 238 g/mol. The molecular formula is C12H13NO5. The minimum absolute atomic E-state index is 0.0222. The van der Waals surface area contributed by atoms with E-state index in [0.29, 0.717) is 5.75 Å². The Morgan fingerprint density at radius 3 is 2.94 bits per heavy atom. The van der Waals surface area contributed by atoms with E-state index in [1.807, 2.05) is 0 Å². The molecule has 0 bridgehead atoms. The third-order valence-electron chi connectivity index (χ3n) is 1.88. The highest BCUT2D eigenvalue weighted by molar-refractivity contribution is 5.91. The largest absolute Gasteiger partial charge is 0.478 e. The average Bonchev–Trinajstić information content (AvgIpc) is 2.37. The van der Waals surface area contributed by atoms with Gasteiger partial charge in [0.25, 0.3) is 0 Å². The van der Waals surface area contributed by atoms with Crippen molar-refractivity contribution in [2.75, 3.05) is 13.8 Å². The van der Waals surface area contributed by atoms with Crippen LogP contribution in [-0.4, -0.2) is 31.3 Å². The summed E-state index contributed by atoms with van der Waals surface area (Å²) in [4.78, 5) is 14.7. The highest BCUT2D eigenvalue weighted by atomic mass is 16.7. The van der Waals surface area contributed by atoms with Gasteiger partial charge < -0.3 is 19.3 Å². The molecule has 0 spiro atoms. The molecule has 0 aromatic heterocycles. The SMILES string of the molecule is C=COCOc1ccc(OC=NC)c(C(=O)O)c1. The second kappa shape index (κ2) is 6.95. The third-order valence-corrected chi connectivity index (χ3v) is 1.88. The lowest BCUT2D eigenvalue weighted by Gasteiger charge is -2.08. The van der Waals surface area contributed by atoms with Gasteiger partial charge in [-0.2, -0.15) is 0 Å². The van der Waals surface area contributed by atoms with Gasteiger partial charge >= 0.3 is 5.97 Å². The van der Waals surface area contributed by atoms with E-state index in [4.69, 9.17) is 19.3 Å². The second-order valence-electron chi connectivity index (χ2n) is 3.04. The van der Waals surface area contributed by atoms with Gasteiger partial charge in [-0.3, -0.25) is 4.99 Å². The van der Waals surface area contributed by atoms with E-state index in [1.54, 1.807) is 6.07 Å². The van der Waals surface area contributed by atoms with Gasteiger partial charge in [-0.1, -0.05) is 6.58 Å². The molecule has 0 saturated heterocycles. The van der Waals surface area contributed by atoms with Crippen LogP contribution in [0.5, 0.6) is 11.5 Å². The van der Waals surface area contributed by atoms with E-state index in [0.717, 1.165) is 6.40 Å². The summed E-state index contributed by atoms with van der Waals surface area (Å²) in [6.07, 6.45) is 2.39. The van der Waals surface area contributed by atoms with E-state index in [-0.39, 0.29) is 18.1 Å². The molecule has 18 heavy (non-hydrogen) atoms. The molecule has 0 amide bonds. The summed E-state index contributed by atoms with van der Waals surface area (Å²) < 4.78 is 15.0. The maximum Gasteiger partial charge on any atom is 0.339 e. The highest BCUT2D eigenvalue weighted by Gasteiger charge is 2.12. The van der Waals surface area contributed by atoms with E-state index < -0.39 is 5.97 Å². The van der Waals surface area contributed by atoms with Crippen LogP contribution >= 0.6 is 0 Å². The molecule has 0 aliphatic rings. The Kier molecular flexibility index (Phi) is 5.24. The van der Waals surface area contributed by atoms with E-state index in [9.17, 15) is 4.79 Å². The van der Waals surface area contributed by atoms with Crippen molar-refractivity contribution < 1.29 is 24.1 Å². The summed E-state index contributed by atoms with van der Waals surface area (Å²) in [7, 11) is 1.52. The van der Waals surface area contributed by atoms with Gasteiger partial charge in [-0.15, -0.1) is 0 Å². The number of carboxylic acid groups (broad SMARTS) is 1. The molecule has 1 aromatic carbocycles. The number of carboxylic acids is 1. The van der Waals surface area contributed by atoms with Gasteiger partial charge in [0, 0.05) is 7.05 Å². The Morgan fingerprint density at radius 2 is 2.33 bits per heavy atom. The molecule has 0 heterocycles. The van der Waals surface area contributed by atoms with E-state index in [1.165, 1.54) is 25.4 Å². The van der Waals surface area contributed by atoms with Crippen molar-refractivity contribution >= 4 is 12.4 Å². The fourth-order valence-corrected chi connectivity index (χ4v) is 1.13.